The Morgan fingerprint density at radius 1 is 0.333 bits per heavy atom. The zero-order chi connectivity index (χ0) is 76.3. The van der Waals surface area contributed by atoms with E-state index in [1.165, 1.54) is 44.5 Å². The van der Waals surface area contributed by atoms with Crippen LogP contribution in [0.5, 0.6) is 0 Å². The number of nitrogens with zero attached hydrogens (tertiary/aromatic N) is 4. The van der Waals surface area contributed by atoms with Crippen molar-refractivity contribution in [3.05, 3.63) is 191 Å². The zero-order valence-electron chi connectivity index (χ0n) is 63.3. The summed E-state index contributed by atoms with van der Waals surface area (Å²) >= 11 is 0. The fourth-order valence-corrected chi connectivity index (χ4v) is 12.9. The quantitative estimate of drug-likeness (QED) is 0.0350. The van der Waals surface area contributed by atoms with Crippen molar-refractivity contribution in [2.75, 3.05) is 72.1 Å². The van der Waals surface area contributed by atoms with Crippen LogP contribution >= 0.6 is 0 Å². The predicted molar refractivity (Wildman–Crippen MR) is 413 cm³/mol. The van der Waals surface area contributed by atoms with Crippen molar-refractivity contribution in [2.24, 2.45) is 5.73 Å². The van der Waals surface area contributed by atoms with Crippen molar-refractivity contribution >= 4 is 64.5 Å². The first-order valence-electron chi connectivity index (χ1n) is 37.9. The molecule has 0 spiro atoms. The summed E-state index contributed by atoms with van der Waals surface area (Å²) in [7, 11) is 0. The molecule has 0 heterocycles. The van der Waals surface area contributed by atoms with Gasteiger partial charge in [0, 0.05) is 115 Å². The molecule has 18 heteroatoms. The Hall–Kier alpha value is -9.55. The molecule has 0 atom stereocenters. The number of carbonyl (C=O) groups is 11. The van der Waals surface area contributed by atoms with Crippen molar-refractivity contribution in [2.45, 2.75) is 189 Å². The van der Waals surface area contributed by atoms with Gasteiger partial charge in [0.05, 0.1) is 26.2 Å². The Morgan fingerprint density at radius 3 is 0.895 bits per heavy atom. The van der Waals surface area contributed by atoms with Crippen LogP contribution in [0.3, 0.4) is 0 Å². The largest absolute Gasteiger partial charge is 0.465 e. The van der Waals surface area contributed by atoms with Gasteiger partial charge >= 0.3 is 11.9 Å². The number of hydrogen-bond donors (Lipinski definition) is 1. The molecule has 4 amide bonds. The van der Waals surface area contributed by atoms with Crippen molar-refractivity contribution < 1.29 is 62.2 Å². The lowest BCUT2D eigenvalue weighted by atomic mass is 9.98. The van der Waals surface area contributed by atoms with Crippen molar-refractivity contribution in [3.63, 3.8) is 0 Å². The highest BCUT2D eigenvalue weighted by atomic mass is 16.5. The number of aryl methyl sites for hydroxylation is 2. The van der Waals surface area contributed by atoms with Gasteiger partial charge < -0.3 is 39.6 Å². The van der Waals surface area contributed by atoms with E-state index in [1.54, 1.807) is 40.4 Å². The molecule has 0 saturated heterocycles. The van der Waals surface area contributed by atoms with Gasteiger partial charge in [-0.1, -0.05) is 199 Å². The SMILES string of the molecule is CCCC(=O)CN(CCCC(=O)OCC1c2ccccc2-c2ccccc21)C(=O)CC.CCCC(=O)CN(CCCC(=O)OCC1c2ccccc2-c2ccccc21)C(=O)CC.CCCC(=O)CN(CCCC(C)=O)C(=O)CCc1ccccc1.CCCC(=O)CN(CCN)C(=O)CCc1ccccc1. The number of ether oxygens (including phenoxy) is 2. The second-order valence-corrected chi connectivity index (χ2v) is 26.7. The molecule has 0 bridgehead atoms. The molecule has 0 radical (unpaired) electrons. The average Bonchev–Trinajstić information content (AvgIpc) is 1.63. The molecule has 6 aromatic carbocycles. The lowest BCUT2D eigenvalue weighted by molar-refractivity contribution is -0.145. The topological polar surface area (TPSA) is 245 Å². The number of rotatable bonds is 42. The summed E-state index contributed by atoms with van der Waals surface area (Å²) in [4.78, 5) is 138. The molecule has 8 rings (SSSR count). The highest BCUT2D eigenvalue weighted by molar-refractivity contribution is 5.89. The number of hydrogen-bond acceptors (Lipinski definition) is 14. The van der Waals surface area contributed by atoms with Crippen LogP contribution in [0.2, 0.25) is 0 Å². The monoisotopic (exact) mass is 1440 g/mol. The van der Waals surface area contributed by atoms with Gasteiger partial charge in [-0.05, 0) is 120 Å². The Bertz CT molecular complexity index is 3500. The molecule has 6 aromatic rings. The molecular formula is C87H113N5O13. The van der Waals surface area contributed by atoms with Crippen LogP contribution in [-0.4, -0.2) is 156 Å². The second-order valence-electron chi connectivity index (χ2n) is 26.7. The molecular weight excluding hydrogens is 1320 g/mol. The van der Waals surface area contributed by atoms with Crippen molar-refractivity contribution in [3.8, 4) is 22.3 Å². The second kappa shape index (κ2) is 48.5. The third kappa shape index (κ3) is 30.2. The molecule has 0 aromatic heterocycles. The third-order valence-electron chi connectivity index (χ3n) is 18.3. The summed E-state index contributed by atoms with van der Waals surface area (Å²) in [6.07, 6.45) is 10.5. The van der Waals surface area contributed by atoms with E-state index >= 15 is 0 Å². The lowest BCUT2D eigenvalue weighted by Gasteiger charge is -2.22. The summed E-state index contributed by atoms with van der Waals surface area (Å²) in [6, 6.07) is 52.7. The maximum atomic E-state index is 12.4. The van der Waals surface area contributed by atoms with Crippen LogP contribution < -0.4 is 5.73 Å². The van der Waals surface area contributed by atoms with Crippen molar-refractivity contribution in [1.29, 1.82) is 0 Å². The first-order chi connectivity index (χ1) is 50.8. The van der Waals surface area contributed by atoms with Gasteiger partial charge in [0.15, 0.2) is 23.1 Å². The number of benzene rings is 6. The predicted octanol–water partition coefficient (Wildman–Crippen LogP) is 14.4. The van der Waals surface area contributed by atoms with Gasteiger partial charge in [0.2, 0.25) is 23.6 Å². The molecule has 2 aliphatic rings. The van der Waals surface area contributed by atoms with Crippen LogP contribution in [0.1, 0.15) is 209 Å². The number of fused-ring (bicyclic) bond motifs is 6. The first-order valence-corrected chi connectivity index (χ1v) is 37.9. The van der Waals surface area contributed by atoms with E-state index in [0.717, 1.165) is 36.8 Å². The van der Waals surface area contributed by atoms with Gasteiger partial charge in [-0.25, -0.2) is 0 Å². The van der Waals surface area contributed by atoms with E-state index in [9.17, 15) is 52.7 Å². The zero-order valence-corrected chi connectivity index (χ0v) is 63.3. The standard InChI is InChI=1S/2C26H31NO4.C19H27NO3.C16H24N2O2/c2*1-3-10-19(28)17-27(25(29)4-2)16-9-15-26(30)31-18-24-22-13-7-5-11-20(22)21-12-6-8-14-23(21)24;1-3-8-18(22)15-20(14-7-9-16(2)21)19(23)13-12-17-10-5-4-6-11-17;1-2-6-15(19)13-18(12-11-17)16(20)10-9-14-7-4-3-5-8-14/h2*5-8,11-14,24H,3-4,9-10,15-18H2,1-2H3;4-6,10-11H,3,7-9,12-15H2,1-2H3;3-5,7-8H,2,6,9-13,17H2,1H3. The molecule has 0 fully saturated rings. The molecule has 2 aliphatic carbocycles. The number of ketones is 5. The van der Waals surface area contributed by atoms with Crippen LogP contribution in [0.15, 0.2) is 158 Å². The normalized spacial score (nSPS) is 11.4. The van der Waals surface area contributed by atoms with Crippen molar-refractivity contribution in [1.82, 2.24) is 19.6 Å². The molecule has 564 valence electrons. The number of esters is 2. The van der Waals surface area contributed by atoms with Gasteiger partial charge in [-0.15, -0.1) is 0 Å². The average molecular weight is 1440 g/mol. The highest BCUT2D eigenvalue weighted by Gasteiger charge is 2.31. The van der Waals surface area contributed by atoms with Crippen LogP contribution in [-0.2, 0) is 75.1 Å². The van der Waals surface area contributed by atoms with E-state index in [-0.39, 0.29) is 115 Å². The lowest BCUT2D eigenvalue weighted by Crippen LogP contribution is -2.39. The minimum absolute atomic E-state index is 0.00348. The Morgan fingerprint density at radius 2 is 0.610 bits per heavy atom. The van der Waals surface area contributed by atoms with Crippen LogP contribution in [0, 0.1) is 0 Å². The van der Waals surface area contributed by atoms with Crippen LogP contribution in [0.25, 0.3) is 22.3 Å². The number of nitrogens with two attached hydrogens (primary N) is 1. The van der Waals surface area contributed by atoms with E-state index in [1.807, 2.05) is 137 Å². The first kappa shape index (κ1) is 86.1. The van der Waals surface area contributed by atoms with Gasteiger partial charge in [0.1, 0.15) is 19.0 Å². The van der Waals surface area contributed by atoms with Gasteiger partial charge in [-0.3, -0.25) is 47.9 Å². The van der Waals surface area contributed by atoms with Gasteiger partial charge in [0.25, 0.3) is 0 Å². The fourth-order valence-electron chi connectivity index (χ4n) is 12.9. The van der Waals surface area contributed by atoms with Gasteiger partial charge in [-0.2, -0.15) is 0 Å². The minimum atomic E-state index is -0.273. The third-order valence-corrected chi connectivity index (χ3v) is 18.3. The van der Waals surface area contributed by atoms with E-state index in [0.29, 0.717) is 136 Å². The molecule has 0 aliphatic heterocycles. The number of amides is 4. The Labute approximate surface area is 623 Å². The minimum Gasteiger partial charge on any atom is -0.465 e. The molecule has 18 nitrogen and oxygen atoms in total. The summed E-state index contributed by atoms with van der Waals surface area (Å²) in [5.41, 5.74) is 17.3. The Kier molecular flexibility index (Phi) is 39.7. The number of carbonyl (C=O) groups excluding carboxylic acids is 11. The Balaban J connectivity index is 0.000000256. The molecule has 2 N–H and O–H groups in total. The number of Topliss-reactive ketones (excluding diaryl/α,β-unsaturated/α-hetero) is 5. The van der Waals surface area contributed by atoms with E-state index < -0.39 is 0 Å². The summed E-state index contributed by atoms with van der Waals surface area (Å²) in [5.74, 6) is -0.159. The highest BCUT2D eigenvalue weighted by Crippen LogP contribution is 2.46. The summed E-state index contributed by atoms with van der Waals surface area (Å²) in [5, 5.41) is 0. The van der Waals surface area contributed by atoms with Crippen LogP contribution in [0.4, 0.5) is 0 Å². The van der Waals surface area contributed by atoms with E-state index in [2.05, 4.69) is 48.5 Å². The molecule has 0 saturated carbocycles. The smallest absolute Gasteiger partial charge is 0.305 e. The summed E-state index contributed by atoms with van der Waals surface area (Å²) < 4.78 is 11.2. The fraction of sp³-hybridized carbons (Fsp3) is 0.460. The maximum absolute atomic E-state index is 12.4. The van der Waals surface area contributed by atoms with E-state index in [4.69, 9.17) is 15.2 Å². The maximum Gasteiger partial charge on any atom is 0.305 e. The summed E-state index contributed by atoms with van der Waals surface area (Å²) in [6.45, 7) is 16.2. The molecule has 105 heavy (non-hydrogen) atoms. The molecule has 0 unspecified atom stereocenters.